The van der Waals surface area contributed by atoms with Gasteiger partial charge in [-0.15, -0.1) is 0 Å². The fourth-order valence-corrected chi connectivity index (χ4v) is 2.71. The molecule has 0 unspecified atom stereocenters. The second kappa shape index (κ2) is 7.66. The van der Waals surface area contributed by atoms with Crippen LogP contribution in [0.3, 0.4) is 0 Å². The quantitative estimate of drug-likeness (QED) is 0.672. The Labute approximate surface area is 152 Å². The SMILES string of the molecule is Cc1ccc(C(=O)c2cccn2C/C=C/c2cccc(C(=O)O)c2)cc1. The number of carbonyl (C=O) groups is 2. The summed E-state index contributed by atoms with van der Waals surface area (Å²) in [7, 11) is 0. The summed E-state index contributed by atoms with van der Waals surface area (Å²) in [5.74, 6) is -0.965. The molecule has 26 heavy (non-hydrogen) atoms. The summed E-state index contributed by atoms with van der Waals surface area (Å²) in [4.78, 5) is 23.7. The van der Waals surface area contributed by atoms with Crippen molar-refractivity contribution in [2.24, 2.45) is 0 Å². The van der Waals surface area contributed by atoms with Crippen LogP contribution in [-0.4, -0.2) is 21.4 Å². The van der Waals surface area contributed by atoms with Crippen LogP contribution in [0.5, 0.6) is 0 Å². The lowest BCUT2D eigenvalue weighted by molar-refractivity contribution is 0.0696. The highest BCUT2D eigenvalue weighted by Gasteiger charge is 2.12. The molecule has 130 valence electrons. The lowest BCUT2D eigenvalue weighted by Crippen LogP contribution is -2.09. The Bertz CT molecular complexity index is 965. The predicted molar refractivity (Wildman–Crippen MR) is 101 cm³/mol. The van der Waals surface area contributed by atoms with Crippen molar-refractivity contribution in [2.45, 2.75) is 13.5 Å². The molecule has 0 radical (unpaired) electrons. The van der Waals surface area contributed by atoms with Crippen LogP contribution in [0.4, 0.5) is 0 Å². The lowest BCUT2D eigenvalue weighted by Gasteiger charge is -2.06. The number of rotatable bonds is 6. The maximum atomic E-state index is 12.7. The standard InChI is InChI=1S/C22H19NO3/c1-16-9-11-18(12-10-16)21(24)20-8-4-14-23(20)13-3-6-17-5-2-7-19(15-17)22(25)26/h2-12,14-15H,13H2,1H3,(H,25,26)/b6-3+. The Morgan fingerprint density at radius 2 is 1.77 bits per heavy atom. The fraction of sp³-hybridized carbons (Fsp3) is 0.0909. The third kappa shape index (κ3) is 3.98. The minimum absolute atomic E-state index is 0.0173. The van der Waals surface area contributed by atoms with Crippen molar-refractivity contribution >= 4 is 17.8 Å². The molecule has 0 spiro atoms. The zero-order valence-corrected chi connectivity index (χ0v) is 14.4. The van der Waals surface area contributed by atoms with Crippen LogP contribution >= 0.6 is 0 Å². The van der Waals surface area contributed by atoms with Crippen LogP contribution < -0.4 is 0 Å². The van der Waals surface area contributed by atoms with E-state index in [1.807, 2.05) is 66.2 Å². The van der Waals surface area contributed by atoms with Gasteiger partial charge in [0.1, 0.15) is 0 Å². The normalized spacial score (nSPS) is 11.0. The smallest absolute Gasteiger partial charge is 0.335 e. The molecule has 4 nitrogen and oxygen atoms in total. The molecule has 1 heterocycles. The number of hydrogen-bond acceptors (Lipinski definition) is 2. The zero-order valence-electron chi connectivity index (χ0n) is 14.4. The Morgan fingerprint density at radius 1 is 1.00 bits per heavy atom. The van der Waals surface area contributed by atoms with Crippen molar-refractivity contribution in [3.05, 3.63) is 101 Å². The van der Waals surface area contributed by atoms with E-state index in [2.05, 4.69) is 0 Å². The molecular weight excluding hydrogens is 326 g/mol. The Hall–Kier alpha value is -3.40. The van der Waals surface area contributed by atoms with Gasteiger partial charge in [0, 0.05) is 18.3 Å². The van der Waals surface area contributed by atoms with Gasteiger partial charge < -0.3 is 9.67 Å². The number of carbonyl (C=O) groups excluding carboxylic acids is 1. The average Bonchev–Trinajstić information content (AvgIpc) is 3.10. The first-order chi connectivity index (χ1) is 12.5. The molecule has 3 rings (SSSR count). The van der Waals surface area contributed by atoms with E-state index in [1.165, 1.54) is 0 Å². The van der Waals surface area contributed by atoms with Gasteiger partial charge in [-0.3, -0.25) is 4.79 Å². The van der Waals surface area contributed by atoms with Gasteiger partial charge in [0.25, 0.3) is 0 Å². The molecule has 1 aromatic heterocycles. The van der Waals surface area contributed by atoms with E-state index in [9.17, 15) is 9.59 Å². The minimum atomic E-state index is -0.948. The topological polar surface area (TPSA) is 59.3 Å². The molecule has 0 aliphatic heterocycles. The summed E-state index contributed by atoms with van der Waals surface area (Å²) < 4.78 is 1.87. The summed E-state index contributed by atoms with van der Waals surface area (Å²) in [5.41, 5.74) is 3.46. The minimum Gasteiger partial charge on any atom is -0.478 e. The van der Waals surface area contributed by atoms with E-state index >= 15 is 0 Å². The molecular formula is C22H19NO3. The Morgan fingerprint density at radius 3 is 2.50 bits per heavy atom. The van der Waals surface area contributed by atoms with Gasteiger partial charge in [-0.05, 0) is 36.8 Å². The molecule has 3 aromatic rings. The van der Waals surface area contributed by atoms with E-state index in [1.54, 1.807) is 24.3 Å². The van der Waals surface area contributed by atoms with Crippen molar-refractivity contribution in [1.82, 2.24) is 4.57 Å². The molecule has 0 saturated heterocycles. The summed E-state index contributed by atoms with van der Waals surface area (Å²) in [6.45, 7) is 2.51. The van der Waals surface area contributed by atoms with Crippen LogP contribution in [0.1, 0.15) is 37.5 Å². The van der Waals surface area contributed by atoms with Crippen molar-refractivity contribution in [1.29, 1.82) is 0 Å². The van der Waals surface area contributed by atoms with E-state index in [0.29, 0.717) is 17.8 Å². The number of nitrogens with zero attached hydrogens (tertiary/aromatic N) is 1. The maximum absolute atomic E-state index is 12.7. The van der Waals surface area contributed by atoms with E-state index in [0.717, 1.165) is 11.1 Å². The first-order valence-electron chi connectivity index (χ1n) is 8.31. The molecule has 2 aromatic carbocycles. The maximum Gasteiger partial charge on any atom is 0.335 e. The van der Waals surface area contributed by atoms with Crippen LogP contribution in [0.25, 0.3) is 6.08 Å². The largest absolute Gasteiger partial charge is 0.478 e. The number of carboxylic acid groups (broad SMARTS) is 1. The van der Waals surface area contributed by atoms with Crippen LogP contribution in [0, 0.1) is 6.92 Å². The van der Waals surface area contributed by atoms with Gasteiger partial charge in [-0.25, -0.2) is 4.79 Å². The molecule has 0 atom stereocenters. The highest BCUT2D eigenvalue weighted by atomic mass is 16.4. The number of ketones is 1. The summed E-state index contributed by atoms with van der Waals surface area (Å²) >= 11 is 0. The lowest BCUT2D eigenvalue weighted by atomic mass is 10.1. The third-order valence-corrected chi connectivity index (χ3v) is 4.12. The monoisotopic (exact) mass is 345 g/mol. The number of aromatic nitrogens is 1. The number of hydrogen-bond donors (Lipinski definition) is 1. The molecule has 0 fully saturated rings. The average molecular weight is 345 g/mol. The van der Waals surface area contributed by atoms with Crippen molar-refractivity contribution in [3.63, 3.8) is 0 Å². The molecule has 0 bridgehead atoms. The number of benzene rings is 2. The summed E-state index contributed by atoms with van der Waals surface area (Å²) in [6.07, 6.45) is 5.62. The van der Waals surface area contributed by atoms with Crippen LogP contribution in [0.2, 0.25) is 0 Å². The van der Waals surface area contributed by atoms with Crippen molar-refractivity contribution in [3.8, 4) is 0 Å². The van der Waals surface area contributed by atoms with Crippen LogP contribution in [0.15, 0.2) is 72.9 Å². The molecule has 0 amide bonds. The van der Waals surface area contributed by atoms with Crippen LogP contribution in [-0.2, 0) is 6.54 Å². The second-order valence-corrected chi connectivity index (χ2v) is 6.07. The number of aryl methyl sites for hydroxylation is 1. The molecule has 0 aliphatic rings. The molecule has 0 aliphatic carbocycles. The highest BCUT2D eigenvalue weighted by molar-refractivity contribution is 6.08. The van der Waals surface area contributed by atoms with E-state index in [-0.39, 0.29) is 11.3 Å². The van der Waals surface area contributed by atoms with Gasteiger partial charge in [0.05, 0.1) is 11.3 Å². The van der Waals surface area contributed by atoms with Crippen molar-refractivity contribution in [2.75, 3.05) is 0 Å². The second-order valence-electron chi connectivity index (χ2n) is 6.07. The van der Waals surface area contributed by atoms with E-state index < -0.39 is 5.97 Å². The van der Waals surface area contributed by atoms with Gasteiger partial charge in [-0.2, -0.15) is 0 Å². The number of aromatic carboxylic acids is 1. The highest BCUT2D eigenvalue weighted by Crippen LogP contribution is 2.13. The predicted octanol–water partition coefficient (Wildman–Crippen LogP) is 4.44. The van der Waals surface area contributed by atoms with Gasteiger partial charge >= 0.3 is 5.97 Å². The number of carboxylic acids is 1. The first-order valence-corrected chi connectivity index (χ1v) is 8.31. The van der Waals surface area contributed by atoms with Gasteiger partial charge in [0.2, 0.25) is 5.78 Å². The molecule has 4 heteroatoms. The number of allylic oxidation sites excluding steroid dienone is 1. The zero-order chi connectivity index (χ0) is 18.5. The third-order valence-electron chi connectivity index (χ3n) is 4.12. The van der Waals surface area contributed by atoms with Gasteiger partial charge in [0.15, 0.2) is 0 Å². The van der Waals surface area contributed by atoms with Crippen molar-refractivity contribution < 1.29 is 14.7 Å². The van der Waals surface area contributed by atoms with E-state index in [4.69, 9.17) is 5.11 Å². The molecule has 1 N–H and O–H groups in total. The Balaban J connectivity index is 1.75. The summed E-state index contributed by atoms with van der Waals surface area (Å²) in [6, 6.07) is 17.9. The first kappa shape index (κ1) is 17.4. The Kier molecular flexibility index (Phi) is 5.13. The van der Waals surface area contributed by atoms with Gasteiger partial charge in [-0.1, -0.05) is 54.1 Å². The molecule has 0 saturated carbocycles. The summed E-state index contributed by atoms with van der Waals surface area (Å²) in [5, 5.41) is 9.04. The fourth-order valence-electron chi connectivity index (χ4n) is 2.71.